The van der Waals surface area contributed by atoms with E-state index in [1.807, 2.05) is 0 Å². The fourth-order valence-corrected chi connectivity index (χ4v) is 3.19. The lowest BCUT2D eigenvalue weighted by atomic mass is 9.83. The minimum absolute atomic E-state index is 0.355. The molecule has 0 atom stereocenters. The lowest BCUT2D eigenvalue weighted by molar-refractivity contribution is -0.130. The molecule has 0 saturated carbocycles. The van der Waals surface area contributed by atoms with E-state index in [0.717, 1.165) is 19.6 Å². The molecule has 2 aliphatic rings. The molecule has 0 radical (unpaired) electrons. The first kappa shape index (κ1) is 12.2. The van der Waals surface area contributed by atoms with Crippen LogP contribution in [0.15, 0.2) is 18.2 Å². The van der Waals surface area contributed by atoms with Crippen molar-refractivity contribution in [3.63, 3.8) is 0 Å². The Morgan fingerprint density at radius 3 is 2.67 bits per heavy atom. The SMILES string of the molecule is CC(C)C1(O)CN(Cc2ccc3c(c2)CCC3)C1. The Morgan fingerprint density at radius 2 is 1.94 bits per heavy atom. The van der Waals surface area contributed by atoms with Gasteiger partial charge in [0.2, 0.25) is 0 Å². The molecule has 0 aromatic heterocycles. The van der Waals surface area contributed by atoms with Crippen LogP contribution in [0.4, 0.5) is 0 Å². The molecule has 0 unspecified atom stereocenters. The highest BCUT2D eigenvalue weighted by molar-refractivity contribution is 5.35. The van der Waals surface area contributed by atoms with Gasteiger partial charge in [-0.25, -0.2) is 0 Å². The molecule has 3 rings (SSSR count). The van der Waals surface area contributed by atoms with Crippen LogP contribution >= 0.6 is 0 Å². The maximum Gasteiger partial charge on any atom is 0.0923 e. The van der Waals surface area contributed by atoms with E-state index in [9.17, 15) is 5.11 Å². The van der Waals surface area contributed by atoms with Crippen LogP contribution in [0, 0.1) is 5.92 Å². The van der Waals surface area contributed by atoms with Crippen molar-refractivity contribution in [2.75, 3.05) is 13.1 Å². The van der Waals surface area contributed by atoms with Crippen LogP contribution < -0.4 is 0 Å². The molecule has 0 amide bonds. The summed E-state index contributed by atoms with van der Waals surface area (Å²) in [7, 11) is 0. The third-order valence-corrected chi connectivity index (χ3v) is 4.64. The van der Waals surface area contributed by atoms with Crippen molar-refractivity contribution >= 4 is 0 Å². The van der Waals surface area contributed by atoms with E-state index < -0.39 is 5.60 Å². The summed E-state index contributed by atoms with van der Waals surface area (Å²) in [6.45, 7) is 6.84. The molecule has 1 aromatic carbocycles. The Kier molecular flexibility index (Phi) is 2.95. The van der Waals surface area contributed by atoms with Gasteiger partial charge in [0.15, 0.2) is 0 Å². The number of rotatable bonds is 3. The Hall–Kier alpha value is -0.860. The number of hydrogen-bond donors (Lipinski definition) is 1. The second-order valence-corrected chi connectivity index (χ2v) is 6.36. The van der Waals surface area contributed by atoms with Crippen LogP contribution in [0.5, 0.6) is 0 Å². The zero-order valence-corrected chi connectivity index (χ0v) is 11.4. The molecular formula is C16H23NO. The van der Waals surface area contributed by atoms with Gasteiger partial charge < -0.3 is 5.11 Å². The quantitative estimate of drug-likeness (QED) is 0.884. The number of nitrogens with zero attached hydrogens (tertiary/aromatic N) is 1. The van der Waals surface area contributed by atoms with E-state index in [0.29, 0.717) is 5.92 Å². The molecule has 2 nitrogen and oxygen atoms in total. The average Bonchev–Trinajstić information content (AvgIpc) is 2.73. The van der Waals surface area contributed by atoms with Crippen molar-refractivity contribution < 1.29 is 5.11 Å². The highest BCUT2D eigenvalue weighted by atomic mass is 16.3. The monoisotopic (exact) mass is 245 g/mol. The van der Waals surface area contributed by atoms with Gasteiger partial charge in [0.05, 0.1) is 5.60 Å². The van der Waals surface area contributed by atoms with Gasteiger partial charge in [-0.2, -0.15) is 0 Å². The summed E-state index contributed by atoms with van der Waals surface area (Å²) < 4.78 is 0. The summed E-state index contributed by atoms with van der Waals surface area (Å²) in [6, 6.07) is 6.93. The van der Waals surface area contributed by atoms with Crippen LogP contribution in [0.2, 0.25) is 0 Å². The average molecular weight is 245 g/mol. The van der Waals surface area contributed by atoms with Crippen molar-refractivity contribution in [1.82, 2.24) is 4.90 Å². The Labute approximate surface area is 110 Å². The van der Waals surface area contributed by atoms with Gasteiger partial charge in [0, 0.05) is 19.6 Å². The molecule has 1 N–H and O–H groups in total. The topological polar surface area (TPSA) is 23.5 Å². The Balaban J connectivity index is 1.62. The number of β-amino-alcohol motifs (C(OH)–C–C–N with tert-alkyl or cyclic N) is 1. The van der Waals surface area contributed by atoms with Crippen LogP contribution in [0.3, 0.4) is 0 Å². The summed E-state index contributed by atoms with van der Waals surface area (Å²) in [5.74, 6) is 0.355. The lowest BCUT2D eigenvalue weighted by Gasteiger charge is -2.49. The van der Waals surface area contributed by atoms with E-state index in [1.54, 1.807) is 11.1 Å². The lowest BCUT2D eigenvalue weighted by Crippen LogP contribution is -2.63. The summed E-state index contributed by atoms with van der Waals surface area (Å²) in [5, 5.41) is 10.2. The molecule has 0 bridgehead atoms. The number of fused-ring (bicyclic) bond motifs is 1. The van der Waals surface area contributed by atoms with Crippen LogP contribution in [-0.4, -0.2) is 28.7 Å². The third-order valence-electron chi connectivity index (χ3n) is 4.64. The van der Waals surface area contributed by atoms with E-state index in [2.05, 4.69) is 36.9 Å². The number of likely N-dealkylation sites (tertiary alicyclic amines) is 1. The molecule has 1 saturated heterocycles. The van der Waals surface area contributed by atoms with Gasteiger partial charge in [0.25, 0.3) is 0 Å². The fourth-order valence-electron chi connectivity index (χ4n) is 3.19. The van der Waals surface area contributed by atoms with E-state index in [4.69, 9.17) is 0 Å². The summed E-state index contributed by atoms with van der Waals surface area (Å²) >= 11 is 0. The smallest absolute Gasteiger partial charge is 0.0923 e. The molecule has 1 aliphatic carbocycles. The molecule has 0 spiro atoms. The predicted molar refractivity (Wildman–Crippen MR) is 73.5 cm³/mol. The highest BCUT2D eigenvalue weighted by Crippen LogP contribution is 2.30. The molecular weight excluding hydrogens is 222 g/mol. The number of benzene rings is 1. The normalized spacial score (nSPS) is 22.0. The maximum atomic E-state index is 10.2. The minimum Gasteiger partial charge on any atom is -0.387 e. The van der Waals surface area contributed by atoms with Gasteiger partial charge in [-0.05, 0) is 41.9 Å². The van der Waals surface area contributed by atoms with Crippen molar-refractivity contribution in [3.8, 4) is 0 Å². The van der Waals surface area contributed by atoms with Crippen molar-refractivity contribution in [1.29, 1.82) is 0 Å². The molecule has 1 aromatic rings. The van der Waals surface area contributed by atoms with Crippen molar-refractivity contribution in [2.45, 2.75) is 45.3 Å². The predicted octanol–water partition coefficient (Wildman–Crippen LogP) is 2.38. The summed E-state index contributed by atoms with van der Waals surface area (Å²) in [4.78, 5) is 2.34. The van der Waals surface area contributed by atoms with E-state index >= 15 is 0 Å². The van der Waals surface area contributed by atoms with Crippen LogP contribution in [0.1, 0.15) is 37.0 Å². The van der Waals surface area contributed by atoms with Crippen molar-refractivity contribution in [3.05, 3.63) is 34.9 Å². The maximum absolute atomic E-state index is 10.2. The molecule has 18 heavy (non-hydrogen) atoms. The summed E-state index contributed by atoms with van der Waals surface area (Å²) in [6.07, 6.45) is 3.82. The van der Waals surface area contributed by atoms with Gasteiger partial charge in [-0.1, -0.05) is 32.0 Å². The highest BCUT2D eigenvalue weighted by Gasteiger charge is 2.43. The second-order valence-electron chi connectivity index (χ2n) is 6.36. The fraction of sp³-hybridized carbons (Fsp3) is 0.625. The largest absolute Gasteiger partial charge is 0.387 e. The zero-order valence-electron chi connectivity index (χ0n) is 11.4. The van der Waals surface area contributed by atoms with Gasteiger partial charge in [-0.15, -0.1) is 0 Å². The minimum atomic E-state index is -0.448. The van der Waals surface area contributed by atoms with Crippen molar-refractivity contribution in [2.24, 2.45) is 5.92 Å². The van der Waals surface area contributed by atoms with Crippen LogP contribution in [-0.2, 0) is 19.4 Å². The van der Waals surface area contributed by atoms with Gasteiger partial charge >= 0.3 is 0 Å². The standard InChI is InChI=1S/C16H23NO/c1-12(2)16(18)10-17(11-16)9-13-6-7-14-4-3-5-15(14)8-13/h6-8,12,18H,3-5,9-11H2,1-2H3. The number of hydrogen-bond acceptors (Lipinski definition) is 2. The number of aliphatic hydroxyl groups is 1. The first-order chi connectivity index (χ1) is 8.57. The Bertz CT molecular complexity index is 446. The Morgan fingerprint density at radius 1 is 1.22 bits per heavy atom. The molecule has 2 heteroatoms. The van der Waals surface area contributed by atoms with Crippen LogP contribution in [0.25, 0.3) is 0 Å². The van der Waals surface area contributed by atoms with Gasteiger partial charge in [0.1, 0.15) is 0 Å². The first-order valence-electron chi connectivity index (χ1n) is 7.12. The number of aryl methyl sites for hydroxylation is 2. The molecule has 1 heterocycles. The second kappa shape index (κ2) is 4.36. The zero-order chi connectivity index (χ0) is 12.8. The first-order valence-corrected chi connectivity index (χ1v) is 7.12. The molecule has 1 aliphatic heterocycles. The van der Waals surface area contributed by atoms with E-state index in [1.165, 1.54) is 24.8 Å². The molecule has 1 fully saturated rings. The van der Waals surface area contributed by atoms with E-state index in [-0.39, 0.29) is 0 Å². The third kappa shape index (κ3) is 2.08. The molecule has 98 valence electrons. The summed E-state index contributed by atoms with van der Waals surface area (Å²) in [5.41, 5.74) is 4.05. The van der Waals surface area contributed by atoms with Gasteiger partial charge in [-0.3, -0.25) is 4.90 Å².